The lowest BCUT2D eigenvalue weighted by Crippen LogP contribution is -2.30. The molecule has 0 aliphatic carbocycles. The second-order valence-corrected chi connectivity index (χ2v) is 4.16. The zero-order valence-electron chi connectivity index (χ0n) is 8.90. The van der Waals surface area contributed by atoms with Crippen LogP contribution in [0.4, 0.5) is 4.79 Å². The number of hydrogen-bond donors (Lipinski definition) is 4. The lowest BCUT2D eigenvalue weighted by Gasteiger charge is -2.10. The number of H-pyrrole nitrogens is 1. The van der Waals surface area contributed by atoms with Crippen molar-refractivity contribution in [3.05, 3.63) is 35.0 Å². The standard InChI is InChI=1S/C11H12ClN3O2/c12-6-1-2-7-8(4-14-10(7)3-6)9(13)5-15-11(16)17/h1-4,9,14-15H,5,13H2,(H,16,17). The van der Waals surface area contributed by atoms with E-state index in [1.165, 1.54) is 0 Å². The van der Waals surface area contributed by atoms with E-state index in [2.05, 4.69) is 10.3 Å². The third-order valence-corrected chi connectivity index (χ3v) is 2.78. The number of nitrogens with one attached hydrogen (secondary N) is 2. The number of hydrogen-bond acceptors (Lipinski definition) is 2. The number of carboxylic acid groups (broad SMARTS) is 1. The molecule has 2 rings (SSSR count). The molecule has 1 aromatic carbocycles. The van der Waals surface area contributed by atoms with E-state index in [4.69, 9.17) is 22.4 Å². The minimum atomic E-state index is -1.08. The van der Waals surface area contributed by atoms with Crippen LogP contribution in [0.2, 0.25) is 5.02 Å². The Labute approximate surface area is 103 Å². The van der Waals surface area contributed by atoms with E-state index in [1.54, 1.807) is 18.3 Å². The molecule has 17 heavy (non-hydrogen) atoms. The van der Waals surface area contributed by atoms with Gasteiger partial charge in [0.2, 0.25) is 0 Å². The molecule has 0 spiro atoms. The van der Waals surface area contributed by atoms with Gasteiger partial charge in [-0.25, -0.2) is 4.79 Å². The fourth-order valence-electron chi connectivity index (χ4n) is 1.73. The third kappa shape index (κ3) is 2.51. The number of halogens is 1. The van der Waals surface area contributed by atoms with Gasteiger partial charge in [-0.05, 0) is 17.7 Å². The van der Waals surface area contributed by atoms with E-state index in [-0.39, 0.29) is 12.6 Å². The lowest BCUT2D eigenvalue weighted by atomic mass is 10.1. The maximum absolute atomic E-state index is 10.4. The van der Waals surface area contributed by atoms with Crippen LogP contribution < -0.4 is 11.1 Å². The lowest BCUT2D eigenvalue weighted by molar-refractivity contribution is 0.193. The molecule has 1 amide bonds. The second-order valence-electron chi connectivity index (χ2n) is 3.73. The maximum Gasteiger partial charge on any atom is 0.404 e. The number of benzene rings is 1. The summed E-state index contributed by atoms with van der Waals surface area (Å²) >= 11 is 5.87. The molecule has 0 aliphatic rings. The molecule has 90 valence electrons. The van der Waals surface area contributed by atoms with E-state index in [1.807, 2.05) is 6.07 Å². The Balaban J connectivity index is 2.26. The van der Waals surface area contributed by atoms with E-state index in [9.17, 15) is 4.79 Å². The smallest absolute Gasteiger partial charge is 0.404 e. The van der Waals surface area contributed by atoms with Crippen LogP contribution >= 0.6 is 11.6 Å². The van der Waals surface area contributed by atoms with Crippen LogP contribution in [-0.4, -0.2) is 22.7 Å². The predicted molar refractivity (Wildman–Crippen MR) is 66.3 cm³/mol. The molecule has 0 radical (unpaired) electrons. The molecule has 1 atom stereocenters. The first-order chi connectivity index (χ1) is 8.08. The highest BCUT2D eigenvalue weighted by Crippen LogP contribution is 2.25. The fourth-order valence-corrected chi connectivity index (χ4v) is 1.91. The monoisotopic (exact) mass is 253 g/mol. The van der Waals surface area contributed by atoms with Crippen molar-refractivity contribution in [3.8, 4) is 0 Å². The highest BCUT2D eigenvalue weighted by molar-refractivity contribution is 6.31. The average Bonchev–Trinajstić information content (AvgIpc) is 2.68. The van der Waals surface area contributed by atoms with E-state index < -0.39 is 6.09 Å². The summed E-state index contributed by atoms with van der Waals surface area (Å²) < 4.78 is 0. The summed E-state index contributed by atoms with van der Waals surface area (Å²) in [5.41, 5.74) is 7.67. The largest absolute Gasteiger partial charge is 0.465 e. The molecule has 1 aromatic heterocycles. The van der Waals surface area contributed by atoms with Gasteiger partial charge in [-0.15, -0.1) is 0 Å². The molecule has 6 heteroatoms. The summed E-state index contributed by atoms with van der Waals surface area (Å²) in [7, 11) is 0. The molecule has 0 aliphatic heterocycles. The zero-order chi connectivity index (χ0) is 12.4. The van der Waals surface area contributed by atoms with Gasteiger partial charge in [0.25, 0.3) is 0 Å². The normalized spacial score (nSPS) is 12.6. The quantitative estimate of drug-likeness (QED) is 0.675. The summed E-state index contributed by atoms with van der Waals surface area (Å²) in [4.78, 5) is 13.4. The number of nitrogens with two attached hydrogens (primary N) is 1. The van der Waals surface area contributed by atoms with Crippen molar-refractivity contribution < 1.29 is 9.90 Å². The zero-order valence-corrected chi connectivity index (χ0v) is 9.66. The van der Waals surface area contributed by atoms with E-state index in [0.717, 1.165) is 16.5 Å². The van der Waals surface area contributed by atoms with Crippen LogP contribution in [0.1, 0.15) is 11.6 Å². The summed E-state index contributed by atoms with van der Waals surface area (Å²) in [6.45, 7) is 0.172. The summed E-state index contributed by atoms with van der Waals surface area (Å²) in [5, 5.41) is 12.4. The molecular formula is C11H12ClN3O2. The van der Waals surface area contributed by atoms with Gasteiger partial charge >= 0.3 is 6.09 Å². The highest BCUT2D eigenvalue weighted by atomic mass is 35.5. The molecule has 0 saturated carbocycles. The van der Waals surface area contributed by atoms with E-state index >= 15 is 0 Å². The van der Waals surface area contributed by atoms with Crippen LogP contribution in [0.25, 0.3) is 10.9 Å². The number of aromatic nitrogens is 1. The first-order valence-corrected chi connectivity index (χ1v) is 5.44. The number of rotatable bonds is 3. The Kier molecular flexibility index (Phi) is 3.21. The Morgan fingerprint density at radius 3 is 3.06 bits per heavy atom. The minimum Gasteiger partial charge on any atom is -0.465 e. The Bertz CT molecular complexity index is 553. The molecule has 5 nitrogen and oxygen atoms in total. The topological polar surface area (TPSA) is 91.1 Å². The molecule has 0 saturated heterocycles. The van der Waals surface area contributed by atoms with Crippen molar-refractivity contribution in [3.63, 3.8) is 0 Å². The van der Waals surface area contributed by atoms with Crippen molar-refractivity contribution in [1.29, 1.82) is 0 Å². The number of amides is 1. The third-order valence-electron chi connectivity index (χ3n) is 2.55. The summed E-state index contributed by atoms with van der Waals surface area (Å²) in [6.07, 6.45) is 0.693. The predicted octanol–water partition coefficient (Wildman–Crippen LogP) is 2.09. The van der Waals surface area contributed by atoms with Crippen LogP contribution in [0.5, 0.6) is 0 Å². The second kappa shape index (κ2) is 4.65. The van der Waals surface area contributed by atoms with Gasteiger partial charge in [-0.2, -0.15) is 0 Å². The van der Waals surface area contributed by atoms with Crippen molar-refractivity contribution in [1.82, 2.24) is 10.3 Å². The van der Waals surface area contributed by atoms with Gasteiger partial charge in [0.05, 0.1) is 0 Å². The number of fused-ring (bicyclic) bond motifs is 1. The molecule has 0 fully saturated rings. The molecule has 1 unspecified atom stereocenters. The Morgan fingerprint density at radius 2 is 2.35 bits per heavy atom. The summed E-state index contributed by atoms with van der Waals surface area (Å²) in [5.74, 6) is 0. The van der Waals surface area contributed by atoms with Gasteiger partial charge in [0, 0.05) is 34.7 Å². The Hall–Kier alpha value is -1.72. The molecule has 1 heterocycles. The van der Waals surface area contributed by atoms with Crippen molar-refractivity contribution in [2.24, 2.45) is 5.73 Å². The van der Waals surface area contributed by atoms with Crippen molar-refractivity contribution in [2.45, 2.75) is 6.04 Å². The molecule has 0 bridgehead atoms. The molecule has 5 N–H and O–H groups in total. The Morgan fingerprint density at radius 1 is 1.59 bits per heavy atom. The highest BCUT2D eigenvalue weighted by Gasteiger charge is 2.12. The van der Waals surface area contributed by atoms with Gasteiger partial charge in [-0.1, -0.05) is 17.7 Å². The van der Waals surface area contributed by atoms with Gasteiger partial charge in [0.1, 0.15) is 0 Å². The molecular weight excluding hydrogens is 242 g/mol. The first-order valence-electron chi connectivity index (χ1n) is 5.07. The van der Waals surface area contributed by atoms with Crippen LogP contribution in [0, 0.1) is 0 Å². The van der Waals surface area contributed by atoms with Crippen LogP contribution in [0.3, 0.4) is 0 Å². The first kappa shape index (κ1) is 11.8. The van der Waals surface area contributed by atoms with Crippen LogP contribution in [0.15, 0.2) is 24.4 Å². The number of carbonyl (C=O) groups is 1. The maximum atomic E-state index is 10.4. The minimum absolute atomic E-state index is 0.172. The van der Waals surface area contributed by atoms with Gasteiger partial charge < -0.3 is 21.1 Å². The molecule has 2 aromatic rings. The van der Waals surface area contributed by atoms with Gasteiger partial charge in [-0.3, -0.25) is 0 Å². The average molecular weight is 254 g/mol. The van der Waals surface area contributed by atoms with Crippen LogP contribution in [-0.2, 0) is 0 Å². The van der Waals surface area contributed by atoms with Gasteiger partial charge in [0.15, 0.2) is 0 Å². The number of aromatic amines is 1. The fraction of sp³-hybridized carbons (Fsp3) is 0.182. The van der Waals surface area contributed by atoms with Crippen molar-refractivity contribution in [2.75, 3.05) is 6.54 Å². The summed E-state index contributed by atoms with van der Waals surface area (Å²) in [6, 6.07) is 5.06. The van der Waals surface area contributed by atoms with Crippen molar-refractivity contribution >= 4 is 28.6 Å². The SMILES string of the molecule is NC(CNC(=O)O)c1c[nH]c2cc(Cl)ccc12. The van der Waals surface area contributed by atoms with E-state index in [0.29, 0.717) is 5.02 Å².